The van der Waals surface area contributed by atoms with Crippen molar-refractivity contribution in [3.8, 4) is 12.1 Å². The predicted octanol–water partition coefficient (Wildman–Crippen LogP) is 9.91. The lowest BCUT2D eigenvalue weighted by Gasteiger charge is -2.32. The molecule has 2 heterocycles. The second-order valence-corrected chi connectivity index (χ2v) is 15.2. The van der Waals surface area contributed by atoms with Crippen molar-refractivity contribution in [2.45, 2.75) is 25.7 Å². The van der Waals surface area contributed by atoms with Crippen molar-refractivity contribution in [3.63, 3.8) is 0 Å². The van der Waals surface area contributed by atoms with Crippen LogP contribution >= 0.6 is 46.7 Å². The Morgan fingerprint density at radius 2 is 0.982 bits per heavy atom. The van der Waals surface area contributed by atoms with E-state index in [1.54, 1.807) is 50.2 Å². The van der Waals surface area contributed by atoms with Gasteiger partial charge in [-0.3, -0.25) is 0 Å². The van der Waals surface area contributed by atoms with Crippen LogP contribution in [0, 0.1) is 22.7 Å². The van der Waals surface area contributed by atoms with Crippen molar-refractivity contribution in [1.29, 1.82) is 10.5 Å². The number of nitrogens with one attached hydrogen (secondary N) is 2. The molecule has 2 aliphatic heterocycles. The van der Waals surface area contributed by atoms with Crippen LogP contribution in [0.4, 0.5) is 0 Å². The topological polar surface area (TPSA) is 124 Å². The Morgan fingerprint density at radius 3 is 1.33 bits per heavy atom. The van der Waals surface area contributed by atoms with Crippen LogP contribution in [0.1, 0.15) is 47.9 Å². The number of nitriles is 2. The quantitative estimate of drug-likeness (QED) is 0.106. The lowest BCUT2D eigenvalue weighted by atomic mass is 9.81. The third-order valence-electron chi connectivity index (χ3n) is 8.86. The van der Waals surface area contributed by atoms with Gasteiger partial charge >= 0.3 is 11.9 Å². The lowest BCUT2D eigenvalue weighted by molar-refractivity contribution is -0.139. The fraction of sp³-hybridized carbons (Fsp3) is 0.163. The number of hydrogen-bond donors (Lipinski definition) is 2. The first kappa shape index (κ1) is 39.3. The van der Waals surface area contributed by atoms with Gasteiger partial charge in [-0.05, 0) is 48.2 Å². The summed E-state index contributed by atoms with van der Waals surface area (Å²) in [5.74, 6) is -2.81. The average molecular weight is 806 g/mol. The molecule has 0 amide bonds. The fourth-order valence-corrected chi connectivity index (χ4v) is 9.16. The molecule has 0 fully saturated rings. The minimum Gasteiger partial charge on any atom is -0.463 e. The van der Waals surface area contributed by atoms with Crippen molar-refractivity contribution < 1.29 is 19.1 Å². The van der Waals surface area contributed by atoms with E-state index in [2.05, 4.69) is 22.8 Å². The second-order valence-electron chi connectivity index (χ2n) is 12.0. The smallest absolute Gasteiger partial charge is 0.337 e. The molecule has 4 aromatic carbocycles. The summed E-state index contributed by atoms with van der Waals surface area (Å²) in [6.45, 7) is 3.74. The van der Waals surface area contributed by atoms with E-state index in [0.29, 0.717) is 47.7 Å². The fourth-order valence-electron chi connectivity index (χ4n) is 6.50. The first-order chi connectivity index (χ1) is 26.8. The number of benzene rings is 4. The van der Waals surface area contributed by atoms with Crippen molar-refractivity contribution >= 4 is 70.1 Å². The van der Waals surface area contributed by atoms with E-state index in [9.17, 15) is 20.1 Å². The molecule has 0 radical (unpaired) electrons. The Labute approximate surface area is 338 Å². The number of esters is 2. The number of carbonyl (C=O) groups excluding carboxylic acids is 2. The van der Waals surface area contributed by atoms with E-state index in [-0.39, 0.29) is 35.5 Å². The van der Waals surface area contributed by atoms with E-state index in [4.69, 9.17) is 32.7 Å². The van der Waals surface area contributed by atoms with Crippen LogP contribution in [0.15, 0.2) is 142 Å². The number of hydrogen-bond acceptors (Lipinski definition) is 10. The van der Waals surface area contributed by atoms with Crippen molar-refractivity contribution in [3.05, 3.63) is 174 Å². The van der Waals surface area contributed by atoms with Gasteiger partial charge in [-0.25, -0.2) is 9.59 Å². The molecule has 0 saturated heterocycles. The van der Waals surface area contributed by atoms with Crippen LogP contribution in [0.3, 0.4) is 0 Å². The minimum absolute atomic E-state index is 0.138. The summed E-state index contributed by atoms with van der Waals surface area (Å²) in [5.41, 5.74) is 4.72. The van der Waals surface area contributed by atoms with Crippen LogP contribution in [-0.2, 0) is 19.1 Å². The second kappa shape index (κ2) is 18.3. The summed E-state index contributed by atoms with van der Waals surface area (Å²) in [7, 11) is 0. The molecule has 55 heavy (non-hydrogen) atoms. The van der Waals surface area contributed by atoms with Gasteiger partial charge in [0.15, 0.2) is 0 Å². The molecule has 4 aromatic rings. The summed E-state index contributed by atoms with van der Waals surface area (Å²) in [5, 5.41) is 30.4. The molecular formula is C43H34Cl2N4O4S2. The molecule has 12 heteroatoms. The van der Waals surface area contributed by atoms with Gasteiger partial charge in [0, 0.05) is 10.0 Å². The summed E-state index contributed by atoms with van der Waals surface area (Å²) in [6.07, 6.45) is 0. The summed E-state index contributed by atoms with van der Waals surface area (Å²) in [6, 6.07) is 37.7. The van der Waals surface area contributed by atoms with Crippen molar-refractivity contribution in [2.24, 2.45) is 0 Å². The zero-order chi connectivity index (χ0) is 38.9. The average Bonchev–Trinajstić information content (AvgIpc) is 3.21. The van der Waals surface area contributed by atoms with E-state index in [1.165, 1.54) is 23.5 Å². The maximum Gasteiger partial charge on any atom is 0.337 e. The Hall–Kier alpha value is -5.36. The van der Waals surface area contributed by atoms with Crippen LogP contribution in [0.5, 0.6) is 0 Å². The van der Waals surface area contributed by atoms with Crippen molar-refractivity contribution in [1.82, 2.24) is 10.6 Å². The first-order valence-electron chi connectivity index (χ1n) is 17.3. The highest BCUT2D eigenvalue weighted by molar-refractivity contribution is 8.19. The molecule has 276 valence electrons. The normalized spacial score (nSPS) is 16.8. The van der Waals surface area contributed by atoms with Crippen LogP contribution in [-0.4, -0.2) is 30.2 Å². The molecule has 0 spiro atoms. The molecule has 0 unspecified atom stereocenters. The predicted molar refractivity (Wildman–Crippen MR) is 220 cm³/mol. The number of halogens is 2. The first-order valence-corrected chi connectivity index (χ1v) is 20.1. The maximum absolute atomic E-state index is 13.8. The highest BCUT2D eigenvalue weighted by Gasteiger charge is 2.40. The number of allylic oxidation sites excluding steroid dienone is 2. The Balaban J connectivity index is 1.44. The van der Waals surface area contributed by atoms with Gasteiger partial charge in [0.2, 0.25) is 0 Å². The Kier molecular flexibility index (Phi) is 13.1. The van der Waals surface area contributed by atoms with Crippen LogP contribution < -0.4 is 10.6 Å². The molecular weight excluding hydrogens is 772 g/mol. The monoisotopic (exact) mass is 804 g/mol. The van der Waals surface area contributed by atoms with Gasteiger partial charge in [-0.1, -0.05) is 144 Å². The van der Waals surface area contributed by atoms with E-state index in [0.717, 1.165) is 11.1 Å². The zero-order valence-electron chi connectivity index (χ0n) is 29.8. The van der Waals surface area contributed by atoms with Gasteiger partial charge in [0.05, 0.1) is 86.0 Å². The highest BCUT2D eigenvalue weighted by atomic mass is 35.5. The lowest BCUT2D eigenvalue weighted by Crippen LogP contribution is -2.30. The highest BCUT2D eigenvalue weighted by Crippen LogP contribution is 2.48. The minimum atomic E-state index is -0.840. The van der Waals surface area contributed by atoms with Crippen LogP contribution in [0.25, 0.3) is 11.4 Å². The number of ether oxygens (including phenoxy) is 2. The molecule has 2 atom stereocenters. The third kappa shape index (κ3) is 8.34. The SMILES string of the molecule is CCOC(=O)C1=C(c2ccccc2)NC(SCSC2=C(C#N)[C@H](c3ccccc3Cl)C(C(=O)OCC)=C(c3ccccc3)N2)=C(C#N)[C@H]1c1ccccc1Cl. The molecule has 0 aliphatic carbocycles. The largest absolute Gasteiger partial charge is 0.463 e. The molecule has 0 bridgehead atoms. The van der Waals surface area contributed by atoms with Gasteiger partial charge in [0.1, 0.15) is 0 Å². The number of dihydropyridines is 2. The van der Waals surface area contributed by atoms with Gasteiger partial charge in [0.25, 0.3) is 0 Å². The standard InChI is InChI=1S/C43H34Cl2N4O4S2/c1-3-52-42(50)36-34(28-19-11-13-21-32(28)44)30(23-46)40(48-38(36)26-15-7-5-8-16-26)54-25-55-41-31(24-47)35(29-20-12-14-22-33(29)45)37(43(51)53-4-2)39(49-41)27-17-9-6-10-18-27/h5-22,34-35,48-49H,3-4,25H2,1-2H3/t34-,35+. The Bertz CT molecular complexity index is 2170. The maximum atomic E-state index is 13.8. The number of thioether (sulfide) groups is 2. The molecule has 2 aliphatic rings. The van der Waals surface area contributed by atoms with E-state index < -0.39 is 23.8 Å². The third-order valence-corrected chi connectivity index (χ3v) is 11.7. The summed E-state index contributed by atoms with van der Waals surface area (Å²) >= 11 is 16.2. The molecule has 2 N–H and O–H groups in total. The van der Waals surface area contributed by atoms with E-state index >= 15 is 0 Å². The molecule has 0 aromatic heterocycles. The van der Waals surface area contributed by atoms with E-state index in [1.807, 2.05) is 72.8 Å². The number of nitrogens with zero attached hydrogens (tertiary/aromatic N) is 2. The molecule has 6 rings (SSSR count). The molecule has 0 saturated carbocycles. The van der Waals surface area contributed by atoms with Crippen LogP contribution in [0.2, 0.25) is 10.0 Å². The number of carbonyl (C=O) groups is 2. The summed E-state index contributed by atoms with van der Waals surface area (Å²) in [4.78, 5) is 27.5. The Morgan fingerprint density at radius 1 is 0.618 bits per heavy atom. The van der Waals surface area contributed by atoms with Gasteiger partial charge in [-0.2, -0.15) is 10.5 Å². The van der Waals surface area contributed by atoms with Gasteiger partial charge in [-0.15, -0.1) is 0 Å². The number of rotatable bonds is 12. The van der Waals surface area contributed by atoms with Gasteiger partial charge < -0.3 is 20.1 Å². The molecule has 8 nitrogen and oxygen atoms in total. The van der Waals surface area contributed by atoms with Crippen molar-refractivity contribution in [2.75, 3.05) is 18.3 Å². The zero-order valence-corrected chi connectivity index (χ0v) is 32.9. The summed E-state index contributed by atoms with van der Waals surface area (Å²) < 4.78 is 11.1.